The van der Waals surface area contributed by atoms with Gasteiger partial charge >= 0.3 is 0 Å². The molecule has 2 rings (SSSR count). The Morgan fingerprint density at radius 1 is 1.50 bits per heavy atom. The maximum atomic E-state index is 13.5. The number of hydrogen-bond acceptors (Lipinski definition) is 3. The van der Waals surface area contributed by atoms with Gasteiger partial charge in [-0.15, -0.1) is 0 Å². The monoisotopic (exact) mass is 252 g/mol. The normalized spacial score (nSPS) is 19.9. The first-order valence-electron chi connectivity index (χ1n) is 6.03. The van der Waals surface area contributed by atoms with Gasteiger partial charge in [-0.25, -0.2) is 4.39 Å². The van der Waals surface area contributed by atoms with Gasteiger partial charge in [-0.2, -0.15) is 0 Å². The van der Waals surface area contributed by atoms with Crippen LogP contribution in [0.1, 0.15) is 5.56 Å². The van der Waals surface area contributed by atoms with Crippen LogP contribution in [0.5, 0.6) is 0 Å². The molecule has 98 valence electrons. The molecule has 1 aliphatic heterocycles. The van der Waals surface area contributed by atoms with Crippen LogP contribution < -0.4 is 5.73 Å². The number of nitrogens with two attached hydrogens (primary N) is 1. The van der Waals surface area contributed by atoms with Crippen molar-refractivity contribution in [3.63, 3.8) is 0 Å². The number of nitrogens with zero attached hydrogens (tertiary/aromatic N) is 1. The summed E-state index contributed by atoms with van der Waals surface area (Å²) in [6, 6.07) is 6.23. The Balaban J connectivity index is 2.05. The summed E-state index contributed by atoms with van der Waals surface area (Å²) in [7, 11) is 0. The van der Waals surface area contributed by atoms with Crippen molar-refractivity contribution >= 4 is 5.91 Å². The van der Waals surface area contributed by atoms with Crippen molar-refractivity contribution in [3.05, 3.63) is 35.6 Å². The molecule has 0 bridgehead atoms. The first-order chi connectivity index (χ1) is 8.72. The number of carbonyl (C=O) groups excluding carboxylic acids is 1. The van der Waals surface area contributed by atoms with Gasteiger partial charge in [0.1, 0.15) is 5.82 Å². The molecule has 0 saturated carbocycles. The third kappa shape index (κ3) is 2.86. The quantitative estimate of drug-likeness (QED) is 0.855. The molecule has 0 radical (unpaired) electrons. The van der Waals surface area contributed by atoms with Gasteiger partial charge in [0.05, 0.1) is 25.7 Å². The molecule has 1 aromatic rings. The lowest BCUT2D eigenvalue weighted by Gasteiger charge is -2.35. The average molecular weight is 252 g/mol. The number of morpholine rings is 1. The van der Waals surface area contributed by atoms with Gasteiger partial charge in [0.15, 0.2) is 0 Å². The Morgan fingerprint density at radius 2 is 2.28 bits per heavy atom. The summed E-state index contributed by atoms with van der Waals surface area (Å²) < 4.78 is 18.8. The summed E-state index contributed by atoms with van der Waals surface area (Å²) in [6.07, 6.45) is 0.0726. The van der Waals surface area contributed by atoms with Gasteiger partial charge in [-0.05, 0) is 11.6 Å². The van der Waals surface area contributed by atoms with Crippen LogP contribution in [0.15, 0.2) is 24.3 Å². The fourth-order valence-corrected chi connectivity index (χ4v) is 2.08. The molecule has 1 saturated heterocycles. The minimum Gasteiger partial charge on any atom is -0.377 e. The van der Waals surface area contributed by atoms with E-state index in [1.807, 2.05) is 0 Å². The van der Waals surface area contributed by atoms with E-state index in [9.17, 15) is 9.18 Å². The lowest BCUT2D eigenvalue weighted by molar-refractivity contribution is -0.138. The van der Waals surface area contributed by atoms with Crippen LogP contribution in [0.2, 0.25) is 0 Å². The van der Waals surface area contributed by atoms with Gasteiger partial charge < -0.3 is 15.4 Å². The van der Waals surface area contributed by atoms with E-state index in [-0.39, 0.29) is 24.2 Å². The zero-order valence-electron chi connectivity index (χ0n) is 10.1. The number of hydrogen-bond donors (Lipinski definition) is 1. The minimum atomic E-state index is -0.344. The van der Waals surface area contributed by atoms with E-state index in [4.69, 9.17) is 10.5 Å². The summed E-state index contributed by atoms with van der Waals surface area (Å²) >= 11 is 0. The van der Waals surface area contributed by atoms with Crippen LogP contribution in [0, 0.1) is 5.82 Å². The zero-order chi connectivity index (χ0) is 13.0. The number of carbonyl (C=O) groups is 1. The lowest BCUT2D eigenvalue weighted by atomic mass is 10.1. The van der Waals surface area contributed by atoms with Crippen molar-refractivity contribution < 1.29 is 13.9 Å². The number of rotatable bonds is 3. The van der Waals surface area contributed by atoms with Gasteiger partial charge in [0.2, 0.25) is 5.91 Å². The van der Waals surface area contributed by atoms with Gasteiger partial charge in [0.25, 0.3) is 0 Å². The molecule has 2 N–H and O–H groups in total. The Morgan fingerprint density at radius 3 is 3.00 bits per heavy atom. The SMILES string of the molecule is NCC1COCCN1C(=O)Cc1ccccc1F. The largest absolute Gasteiger partial charge is 0.377 e. The highest BCUT2D eigenvalue weighted by molar-refractivity contribution is 5.79. The van der Waals surface area contributed by atoms with E-state index in [1.54, 1.807) is 23.1 Å². The number of amides is 1. The van der Waals surface area contributed by atoms with Crippen LogP contribution in [0.25, 0.3) is 0 Å². The highest BCUT2D eigenvalue weighted by atomic mass is 19.1. The maximum Gasteiger partial charge on any atom is 0.227 e. The second-order valence-corrected chi connectivity index (χ2v) is 4.32. The Bertz CT molecular complexity index is 425. The van der Waals surface area contributed by atoms with Crippen molar-refractivity contribution in [3.8, 4) is 0 Å². The smallest absolute Gasteiger partial charge is 0.227 e. The molecule has 1 heterocycles. The highest BCUT2D eigenvalue weighted by Crippen LogP contribution is 2.12. The molecule has 1 atom stereocenters. The molecule has 1 amide bonds. The molecule has 18 heavy (non-hydrogen) atoms. The van der Waals surface area contributed by atoms with Gasteiger partial charge in [-0.1, -0.05) is 18.2 Å². The van der Waals surface area contributed by atoms with E-state index in [2.05, 4.69) is 0 Å². The predicted octanol–water partition coefficient (Wildman–Crippen LogP) is 0.554. The second-order valence-electron chi connectivity index (χ2n) is 4.32. The molecule has 0 aliphatic carbocycles. The van der Waals surface area contributed by atoms with Crippen LogP contribution in [0.3, 0.4) is 0 Å². The van der Waals surface area contributed by atoms with Crippen molar-refractivity contribution in [1.82, 2.24) is 4.90 Å². The Hall–Kier alpha value is -1.46. The average Bonchev–Trinajstić information content (AvgIpc) is 2.41. The molecule has 1 unspecified atom stereocenters. The number of ether oxygens (including phenoxy) is 1. The molecular formula is C13H17FN2O2. The van der Waals surface area contributed by atoms with Crippen molar-refractivity contribution in [2.24, 2.45) is 5.73 Å². The highest BCUT2D eigenvalue weighted by Gasteiger charge is 2.26. The first kappa shape index (κ1) is 13.0. The summed E-state index contributed by atoms with van der Waals surface area (Å²) in [5.41, 5.74) is 6.03. The minimum absolute atomic E-state index is 0.0726. The maximum absolute atomic E-state index is 13.5. The first-order valence-corrected chi connectivity index (χ1v) is 6.03. The molecular weight excluding hydrogens is 235 g/mol. The topological polar surface area (TPSA) is 55.6 Å². The van der Waals surface area contributed by atoms with E-state index >= 15 is 0 Å². The van der Waals surface area contributed by atoms with Crippen molar-refractivity contribution in [2.75, 3.05) is 26.3 Å². The third-order valence-corrected chi connectivity index (χ3v) is 3.12. The molecule has 0 spiro atoms. The molecule has 1 aliphatic rings. The number of benzene rings is 1. The lowest BCUT2D eigenvalue weighted by Crippen LogP contribution is -2.52. The molecule has 0 aromatic heterocycles. The van der Waals surface area contributed by atoms with E-state index in [0.717, 1.165) is 0 Å². The van der Waals surface area contributed by atoms with Gasteiger partial charge in [0, 0.05) is 13.1 Å². The standard InChI is InChI=1S/C13H17FN2O2/c14-12-4-2-1-3-10(12)7-13(17)16-5-6-18-9-11(16)8-15/h1-4,11H,5-9,15H2. The summed E-state index contributed by atoms with van der Waals surface area (Å²) in [6.45, 7) is 1.86. The number of halogens is 1. The van der Waals surface area contributed by atoms with Crippen LogP contribution in [-0.4, -0.2) is 43.2 Å². The Kier molecular flexibility index (Phi) is 4.28. The van der Waals surface area contributed by atoms with E-state index in [0.29, 0.717) is 31.9 Å². The van der Waals surface area contributed by atoms with E-state index in [1.165, 1.54) is 6.07 Å². The van der Waals surface area contributed by atoms with Crippen molar-refractivity contribution in [2.45, 2.75) is 12.5 Å². The Labute approximate surface area is 106 Å². The van der Waals surface area contributed by atoms with Crippen molar-refractivity contribution in [1.29, 1.82) is 0 Å². The summed E-state index contributed by atoms with van der Waals surface area (Å²) in [5, 5.41) is 0. The summed E-state index contributed by atoms with van der Waals surface area (Å²) in [4.78, 5) is 13.8. The molecule has 1 aromatic carbocycles. The molecule has 1 fully saturated rings. The zero-order valence-corrected chi connectivity index (χ0v) is 10.1. The van der Waals surface area contributed by atoms with Crippen LogP contribution in [-0.2, 0) is 16.0 Å². The molecule has 5 heteroatoms. The van der Waals surface area contributed by atoms with E-state index < -0.39 is 0 Å². The van der Waals surface area contributed by atoms with Crippen LogP contribution >= 0.6 is 0 Å². The third-order valence-electron chi connectivity index (χ3n) is 3.12. The second kappa shape index (κ2) is 5.93. The summed E-state index contributed by atoms with van der Waals surface area (Å²) in [5.74, 6) is -0.442. The predicted molar refractivity (Wildman–Crippen MR) is 65.5 cm³/mol. The molecule has 4 nitrogen and oxygen atoms in total. The van der Waals surface area contributed by atoms with Gasteiger partial charge in [-0.3, -0.25) is 4.79 Å². The fraction of sp³-hybridized carbons (Fsp3) is 0.462. The fourth-order valence-electron chi connectivity index (χ4n) is 2.08. The van der Waals surface area contributed by atoms with Crippen LogP contribution in [0.4, 0.5) is 4.39 Å².